The monoisotopic (exact) mass is 276 g/mol. The van der Waals surface area contributed by atoms with E-state index in [0.717, 1.165) is 16.3 Å². The van der Waals surface area contributed by atoms with Crippen molar-refractivity contribution >= 4 is 17.3 Å². The Kier molecular flexibility index (Phi) is 5.06. The maximum absolute atomic E-state index is 11.2. The fourth-order valence-electron chi connectivity index (χ4n) is 1.62. The Morgan fingerprint density at radius 3 is 2.89 bits per heavy atom. The maximum atomic E-state index is 11.2. The van der Waals surface area contributed by atoms with Crippen LogP contribution in [0, 0.1) is 0 Å². The molecule has 0 bridgehead atoms. The topological polar surface area (TPSA) is 51.2 Å². The van der Waals surface area contributed by atoms with Crippen molar-refractivity contribution in [2.24, 2.45) is 0 Å². The molecule has 1 aromatic carbocycles. The summed E-state index contributed by atoms with van der Waals surface area (Å²) in [5.74, 6) is -0.234. The van der Waals surface area contributed by atoms with Crippen molar-refractivity contribution in [3.8, 4) is 11.3 Å². The van der Waals surface area contributed by atoms with E-state index in [1.54, 1.807) is 18.3 Å². The molecule has 2 aromatic rings. The molecule has 5 heteroatoms. The molecule has 0 unspecified atom stereocenters. The Balaban J connectivity index is 1.86. The second kappa shape index (κ2) is 7.01. The van der Waals surface area contributed by atoms with Crippen LogP contribution in [-0.4, -0.2) is 24.1 Å². The molecule has 1 N–H and O–H groups in total. The number of thiazole rings is 1. The highest BCUT2D eigenvalue weighted by Gasteiger charge is 2.05. The maximum Gasteiger partial charge on any atom is 0.319 e. The molecule has 0 amide bonds. The van der Waals surface area contributed by atoms with Crippen LogP contribution in [0.1, 0.15) is 11.9 Å². The molecule has 0 spiro atoms. The van der Waals surface area contributed by atoms with Gasteiger partial charge in [0.15, 0.2) is 0 Å². The third-order valence-electron chi connectivity index (χ3n) is 2.47. The Morgan fingerprint density at radius 1 is 1.37 bits per heavy atom. The molecule has 0 aliphatic carbocycles. The van der Waals surface area contributed by atoms with Crippen LogP contribution in [0.15, 0.2) is 35.7 Å². The van der Waals surface area contributed by atoms with Gasteiger partial charge in [0.25, 0.3) is 0 Å². The van der Waals surface area contributed by atoms with Crippen molar-refractivity contribution in [2.75, 3.05) is 13.2 Å². The Morgan fingerprint density at radius 2 is 2.16 bits per heavy atom. The standard InChI is InChI=1S/C14H16N2O2S/c1-2-18-14(17)9-15-8-13-16-12(10-19-13)11-6-4-3-5-7-11/h3-7,10,15H,2,8-9H2,1H3. The van der Waals surface area contributed by atoms with Gasteiger partial charge >= 0.3 is 5.97 Å². The number of ether oxygens (including phenoxy) is 1. The van der Waals surface area contributed by atoms with E-state index in [0.29, 0.717) is 13.2 Å². The number of aromatic nitrogens is 1. The number of rotatable bonds is 6. The van der Waals surface area contributed by atoms with Gasteiger partial charge in [-0.05, 0) is 6.92 Å². The van der Waals surface area contributed by atoms with E-state index in [2.05, 4.69) is 10.3 Å². The third kappa shape index (κ3) is 4.15. The van der Waals surface area contributed by atoms with Gasteiger partial charge in [0.2, 0.25) is 0 Å². The number of nitrogens with one attached hydrogen (secondary N) is 1. The van der Waals surface area contributed by atoms with E-state index < -0.39 is 0 Å². The second-order valence-electron chi connectivity index (χ2n) is 3.90. The number of benzene rings is 1. The molecule has 1 aromatic heterocycles. The van der Waals surface area contributed by atoms with E-state index in [9.17, 15) is 4.79 Å². The minimum Gasteiger partial charge on any atom is -0.465 e. The summed E-state index contributed by atoms with van der Waals surface area (Å²) in [5, 5.41) is 6.01. The van der Waals surface area contributed by atoms with Gasteiger partial charge in [0, 0.05) is 17.5 Å². The van der Waals surface area contributed by atoms with Gasteiger partial charge in [0.1, 0.15) is 5.01 Å². The number of hydrogen-bond donors (Lipinski definition) is 1. The SMILES string of the molecule is CCOC(=O)CNCc1nc(-c2ccccc2)cs1. The molecule has 0 fully saturated rings. The Bertz CT molecular complexity index is 525. The number of carbonyl (C=O) groups excluding carboxylic acids is 1. The van der Waals surface area contributed by atoms with Gasteiger partial charge < -0.3 is 10.1 Å². The molecule has 0 atom stereocenters. The third-order valence-corrected chi connectivity index (χ3v) is 3.32. The fourth-order valence-corrected chi connectivity index (χ4v) is 2.39. The summed E-state index contributed by atoms with van der Waals surface area (Å²) in [6.07, 6.45) is 0. The van der Waals surface area contributed by atoms with E-state index in [-0.39, 0.29) is 12.5 Å². The highest BCUT2D eigenvalue weighted by Crippen LogP contribution is 2.21. The Labute approximate surface area is 116 Å². The summed E-state index contributed by atoms with van der Waals surface area (Å²) in [5.41, 5.74) is 2.08. The second-order valence-corrected chi connectivity index (χ2v) is 4.84. The smallest absolute Gasteiger partial charge is 0.319 e. The highest BCUT2D eigenvalue weighted by molar-refractivity contribution is 7.09. The lowest BCUT2D eigenvalue weighted by Crippen LogP contribution is -2.24. The zero-order valence-electron chi connectivity index (χ0n) is 10.8. The average Bonchev–Trinajstić information content (AvgIpc) is 2.89. The normalized spacial score (nSPS) is 10.4. The van der Waals surface area contributed by atoms with Crippen LogP contribution in [0.5, 0.6) is 0 Å². The molecule has 0 saturated carbocycles. The highest BCUT2D eigenvalue weighted by atomic mass is 32.1. The molecule has 2 rings (SSSR count). The Hall–Kier alpha value is -1.72. The summed E-state index contributed by atoms with van der Waals surface area (Å²) in [4.78, 5) is 15.7. The van der Waals surface area contributed by atoms with E-state index in [1.807, 2.05) is 35.7 Å². The van der Waals surface area contributed by atoms with Crippen molar-refractivity contribution < 1.29 is 9.53 Å². The molecule has 0 aliphatic heterocycles. The van der Waals surface area contributed by atoms with Crippen molar-refractivity contribution in [2.45, 2.75) is 13.5 Å². The molecule has 4 nitrogen and oxygen atoms in total. The molecule has 0 saturated heterocycles. The number of hydrogen-bond acceptors (Lipinski definition) is 5. The van der Waals surface area contributed by atoms with Gasteiger partial charge in [-0.1, -0.05) is 30.3 Å². The quantitative estimate of drug-likeness (QED) is 0.823. The summed E-state index contributed by atoms with van der Waals surface area (Å²) in [6.45, 7) is 3.01. The first kappa shape index (κ1) is 13.7. The van der Waals surface area contributed by atoms with Crippen LogP contribution in [0.4, 0.5) is 0 Å². The number of esters is 1. The van der Waals surface area contributed by atoms with E-state index in [4.69, 9.17) is 4.74 Å². The predicted molar refractivity (Wildman–Crippen MR) is 75.9 cm³/mol. The summed E-state index contributed by atoms with van der Waals surface area (Å²) < 4.78 is 4.84. The molecule has 1 heterocycles. The van der Waals surface area contributed by atoms with Gasteiger partial charge in [-0.2, -0.15) is 0 Å². The first-order chi connectivity index (χ1) is 9.29. The first-order valence-corrected chi connectivity index (χ1v) is 7.03. The minimum absolute atomic E-state index is 0.216. The molecular weight excluding hydrogens is 260 g/mol. The van der Waals surface area contributed by atoms with Crippen LogP contribution in [0.25, 0.3) is 11.3 Å². The van der Waals surface area contributed by atoms with Crippen molar-refractivity contribution in [3.05, 3.63) is 40.7 Å². The lowest BCUT2D eigenvalue weighted by molar-refractivity contribution is -0.142. The molecule has 0 radical (unpaired) electrons. The van der Waals surface area contributed by atoms with Crippen molar-refractivity contribution in [3.63, 3.8) is 0 Å². The lowest BCUT2D eigenvalue weighted by Gasteiger charge is -2.02. The molecule has 19 heavy (non-hydrogen) atoms. The van der Waals surface area contributed by atoms with Crippen LogP contribution in [0.3, 0.4) is 0 Å². The summed E-state index contributed by atoms with van der Waals surface area (Å²) in [6, 6.07) is 10.0. The average molecular weight is 276 g/mol. The van der Waals surface area contributed by atoms with Crippen LogP contribution < -0.4 is 5.32 Å². The lowest BCUT2D eigenvalue weighted by atomic mass is 10.2. The molecule has 0 aliphatic rings. The predicted octanol–water partition coefficient (Wildman–Crippen LogP) is 2.46. The fraction of sp³-hybridized carbons (Fsp3) is 0.286. The number of nitrogens with zero attached hydrogens (tertiary/aromatic N) is 1. The molecular formula is C14H16N2O2S. The van der Waals surface area contributed by atoms with Crippen LogP contribution in [0.2, 0.25) is 0 Å². The summed E-state index contributed by atoms with van der Waals surface area (Å²) >= 11 is 1.58. The van der Waals surface area contributed by atoms with Crippen molar-refractivity contribution in [1.82, 2.24) is 10.3 Å². The zero-order chi connectivity index (χ0) is 13.5. The van der Waals surface area contributed by atoms with Gasteiger partial charge in [-0.15, -0.1) is 11.3 Å². The van der Waals surface area contributed by atoms with E-state index >= 15 is 0 Å². The van der Waals surface area contributed by atoms with Gasteiger partial charge in [-0.3, -0.25) is 4.79 Å². The van der Waals surface area contributed by atoms with Gasteiger partial charge in [-0.25, -0.2) is 4.98 Å². The first-order valence-electron chi connectivity index (χ1n) is 6.15. The van der Waals surface area contributed by atoms with Crippen LogP contribution >= 0.6 is 11.3 Å². The van der Waals surface area contributed by atoms with E-state index in [1.165, 1.54) is 0 Å². The number of carbonyl (C=O) groups is 1. The molecule has 100 valence electrons. The largest absolute Gasteiger partial charge is 0.465 e. The minimum atomic E-state index is -0.234. The van der Waals surface area contributed by atoms with Crippen molar-refractivity contribution in [1.29, 1.82) is 0 Å². The van der Waals surface area contributed by atoms with Gasteiger partial charge in [0.05, 0.1) is 18.8 Å². The zero-order valence-corrected chi connectivity index (χ0v) is 11.6. The summed E-state index contributed by atoms with van der Waals surface area (Å²) in [7, 11) is 0. The van der Waals surface area contributed by atoms with Crippen LogP contribution in [-0.2, 0) is 16.1 Å².